The van der Waals surface area contributed by atoms with Crippen LogP contribution in [0.5, 0.6) is 5.75 Å². The second-order valence-electron chi connectivity index (χ2n) is 3.95. The van der Waals surface area contributed by atoms with Crippen LogP contribution in [0, 0.1) is 0 Å². The van der Waals surface area contributed by atoms with Gasteiger partial charge in [-0.2, -0.15) is 0 Å². The third kappa shape index (κ3) is 3.31. The normalized spacial score (nSPS) is 11.5. The molecule has 0 radical (unpaired) electrons. The Kier molecular flexibility index (Phi) is 3.56. The summed E-state index contributed by atoms with van der Waals surface area (Å²) in [5, 5.41) is 9.71. The lowest BCUT2D eigenvalue weighted by Crippen LogP contribution is -2.22. The molecule has 14 heavy (non-hydrogen) atoms. The van der Waals surface area contributed by atoms with E-state index in [9.17, 15) is 5.11 Å². The zero-order chi connectivity index (χ0) is 10.8. The van der Waals surface area contributed by atoms with Crippen LogP contribution in [0.3, 0.4) is 0 Å². The second-order valence-corrected chi connectivity index (χ2v) is 4.86. The van der Waals surface area contributed by atoms with E-state index in [1.807, 2.05) is 18.2 Å². The smallest absolute Gasteiger partial charge is 0.122 e. The third-order valence-electron chi connectivity index (χ3n) is 1.87. The van der Waals surface area contributed by atoms with Gasteiger partial charge in [0.15, 0.2) is 0 Å². The van der Waals surface area contributed by atoms with Crippen molar-refractivity contribution in [2.45, 2.75) is 25.9 Å². The average Bonchev–Trinajstić information content (AvgIpc) is 2.01. The van der Waals surface area contributed by atoms with Crippen LogP contribution in [0.25, 0.3) is 0 Å². The molecule has 0 aliphatic carbocycles. The van der Waals surface area contributed by atoms with E-state index in [2.05, 4.69) is 15.9 Å². The summed E-state index contributed by atoms with van der Waals surface area (Å²) in [4.78, 5) is 0. The molecule has 78 valence electrons. The second kappa shape index (κ2) is 4.32. The molecular weight excluding hydrogens is 244 g/mol. The van der Waals surface area contributed by atoms with E-state index in [0.29, 0.717) is 6.42 Å². The molecule has 0 atom stereocenters. The number of methoxy groups -OCH3 is 1. The number of rotatable bonds is 3. The molecule has 1 aromatic rings. The fraction of sp³-hybridized carbons (Fsp3) is 0.455. The molecule has 0 bridgehead atoms. The molecule has 0 saturated carbocycles. The lowest BCUT2D eigenvalue weighted by molar-refractivity contribution is 0.0802. The van der Waals surface area contributed by atoms with E-state index in [1.165, 1.54) is 0 Å². The van der Waals surface area contributed by atoms with E-state index in [-0.39, 0.29) is 0 Å². The zero-order valence-electron chi connectivity index (χ0n) is 8.67. The Morgan fingerprint density at radius 3 is 2.57 bits per heavy atom. The van der Waals surface area contributed by atoms with E-state index in [0.717, 1.165) is 15.8 Å². The first-order valence-corrected chi connectivity index (χ1v) is 5.26. The number of hydrogen-bond donors (Lipinski definition) is 1. The highest BCUT2D eigenvalue weighted by Gasteiger charge is 2.16. The highest BCUT2D eigenvalue weighted by Crippen LogP contribution is 2.26. The average molecular weight is 259 g/mol. The van der Waals surface area contributed by atoms with Gasteiger partial charge in [0.25, 0.3) is 0 Å². The maximum absolute atomic E-state index is 9.71. The van der Waals surface area contributed by atoms with Gasteiger partial charge in [0.05, 0.1) is 12.7 Å². The molecule has 0 aliphatic heterocycles. The fourth-order valence-corrected chi connectivity index (χ4v) is 1.76. The number of benzene rings is 1. The van der Waals surface area contributed by atoms with Crippen LogP contribution in [0.2, 0.25) is 0 Å². The van der Waals surface area contributed by atoms with Crippen molar-refractivity contribution in [2.24, 2.45) is 0 Å². The van der Waals surface area contributed by atoms with Gasteiger partial charge in [0.1, 0.15) is 5.75 Å². The maximum Gasteiger partial charge on any atom is 0.122 e. The molecule has 1 rings (SSSR count). The van der Waals surface area contributed by atoms with Gasteiger partial charge in [-0.3, -0.25) is 0 Å². The Labute approximate surface area is 93.0 Å². The summed E-state index contributed by atoms with van der Waals surface area (Å²) in [7, 11) is 1.64. The van der Waals surface area contributed by atoms with Crippen molar-refractivity contribution in [1.82, 2.24) is 0 Å². The largest absolute Gasteiger partial charge is 0.496 e. The highest BCUT2D eigenvalue weighted by atomic mass is 79.9. The first-order valence-electron chi connectivity index (χ1n) is 4.47. The van der Waals surface area contributed by atoms with Gasteiger partial charge in [-0.1, -0.05) is 15.9 Å². The van der Waals surface area contributed by atoms with Crippen molar-refractivity contribution >= 4 is 15.9 Å². The van der Waals surface area contributed by atoms with E-state index >= 15 is 0 Å². The first-order chi connectivity index (χ1) is 6.42. The van der Waals surface area contributed by atoms with Crippen molar-refractivity contribution in [3.8, 4) is 5.75 Å². The van der Waals surface area contributed by atoms with Crippen molar-refractivity contribution < 1.29 is 9.84 Å². The Balaban J connectivity index is 2.99. The summed E-state index contributed by atoms with van der Waals surface area (Å²) in [6.07, 6.45) is 0.579. The lowest BCUT2D eigenvalue weighted by Gasteiger charge is -2.19. The molecule has 1 aromatic carbocycles. The van der Waals surface area contributed by atoms with Gasteiger partial charge < -0.3 is 9.84 Å². The molecule has 3 heteroatoms. The predicted molar refractivity (Wildman–Crippen MR) is 60.7 cm³/mol. The molecule has 0 spiro atoms. The number of aliphatic hydroxyl groups is 1. The van der Waals surface area contributed by atoms with E-state index in [1.54, 1.807) is 21.0 Å². The molecule has 0 unspecified atom stereocenters. The third-order valence-corrected chi connectivity index (χ3v) is 2.36. The van der Waals surface area contributed by atoms with Gasteiger partial charge in [-0.25, -0.2) is 0 Å². The monoisotopic (exact) mass is 258 g/mol. The molecule has 2 nitrogen and oxygen atoms in total. The van der Waals surface area contributed by atoms with Crippen molar-refractivity contribution in [3.63, 3.8) is 0 Å². The van der Waals surface area contributed by atoms with Crippen LogP contribution in [-0.2, 0) is 6.42 Å². The van der Waals surface area contributed by atoms with Gasteiger partial charge >= 0.3 is 0 Å². The Morgan fingerprint density at radius 1 is 1.43 bits per heavy atom. The van der Waals surface area contributed by atoms with Crippen LogP contribution in [0.15, 0.2) is 22.7 Å². The van der Waals surface area contributed by atoms with Crippen molar-refractivity contribution in [2.75, 3.05) is 7.11 Å². The topological polar surface area (TPSA) is 29.5 Å². The summed E-state index contributed by atoms with van der Waals surface area (Å²) in [6, 6.07) is 5.79. The quantitative estimate of drug-likeness (QED) is 0.904. The molecular formula is C11H15BrO2. The van der Waals surface area contributed by atoms with Crippen LogP contribution in [0.1, 0.15) is 19.4 Å². The van der Waals surface area contributed by atoms with Crippen LogP contribution >= 0.6 is 15.9 Å². The summed E-state index contributed by atoms with van der Waals surface area (Å²) in [5.41, 5.74) is 0.294. The molecule has 0 fully saturated rings. The summed E-state index contributed by atoms with van der Waals surface area (Å²) in [6.45, 7) is 3.57. The molecule has 0 aliphatic rings. The molecule has 1 N–H and O–H groups in total. The van der Waals surface area contributed by atoms with Gasteiger partial charge in [-0.15, -0.1) is 0 Å². The molecule has 0 saturated heterocycles. The standard InChI is InChI=1S/C11H15BrO2/c1-11(2,13)7-8-6-9(12)4-5-10(8)14-3/h4-6,13H,7H2,1-3H3. The number of halogens is 1. The predicted octanol–water partition coefficient (Wildman–Crippen LogP) is 2.77. The van der Waals surface area contributed by atoms with Crippen LogP contribution in [-0.4, -0.2) is 17.8 Å². The SMILES string of the molecule is COc1ccc(Br)cc1CC(C)(C)O. The number of ether oxygens (including phenoxy) is 1. The first kappa shape index (κ1) is 11.5. The summed E-state index contributed by atoms with van der Waals surface area (Å²) < 4.78 is 6.21. The Morgan fingerprint density at radius 2 is 2.07 bits per heavy atom. The Hall–Kier alpha value is -0.540. The van der Waals surface area contributed by atoms with E-state index < -0.39 is 5.60 Å². The fourth-order valence-electron chi connectivity index (χ4n) is 1.35. The van der Waals surface area contributed by atoms with Crippen LogP contribution < -0.4 is 4.74 Å². The minimum Gasteiger partial charge on any atom is -0.496 e. The summed E-state index contributed by atoms with van der Waals surface area (Å²) in [5.74, 6) is 0.815. The van der Waals surface area contributed by atoms with Gasteiger partial charge in [0, 0.05) is 10.9 Å². The van der Waals surface area contributed by atoms with Crippen molar-refractivity contribution in [1.29, 1.82) is 0 Å². The zero-order valence-corrected chi connectivity index (χ0v) is 10.3. The van der Waals surface area contributed by atoms with Gasteiger partial charge in [-0.05, 0) is 37.6 Å². The van der Waals surface area contributed by atoms with Gasteiger partial charge in [0.2, 0.25) is 0 Å². The van der Waals surface area contributed by atoms with E-state index in [4.69, 9.17) is 4.74 Å². The molecule has 0 amide bonds. The lowest BCUT2D eigenvalue weighted by atomic mass is 9.98. The van der Waals surface area contributed by atoms with Crippen molar-refractivity contribution in [3.05, 3.63) is 28.2 Å². The number of hydrogen-bond acceptors (Lipinski definition) is 2. The minimum absolute atomic E-state index is 0.579. The molecule has 0 heterocycles. The maximum atomic E-state index is 9.71. The molecule has 0 aromatic heterocycles. The summed E-state index contributed by atoms with van der Waals surface area (Å²) >= 11 is 3.40. The minimum atomic E-state index is -0.714. The van der Waals surface area contributed by atoms with Crippen LogP contribution in [0.4, 0.5) is 0 Å². The Bertz CT molecular complexity index is 316. The highest BCUT2D eigenvalue weighted by molar-refractivity contribution is 9.10.